The van der Waals surface area contributed by atoms with Crippen LogP contribution >= 0.6 is 11.6 Å². The summed E-state index contributed by atoms with van der Waals surface area (Å²) in [6.45, 7) is 1.89. The van der Waals surface area contributed by atoms with Gasteiger partial charge in [-0.05, 0) is 65.9 Å². The van der Waals surface area contributed by atoms with Crippen LogP contribution in [0.4, 0.5) is 16.0 Å². The van der Waals surface area contributed by atoms with E-state index in [1.807, 2.05) is 25.1 Å². The van der Waals surface area contributed by atoms with Crippen molar-refractivity contribution < 1.29 is 9.18 Å². The molecule has 0 radical (unpaired) electrons. The minimum Gasteiger partial charge on any atom is -0.273 e. The molecule has 0 bridgehead atoms. The van der Waals surface area contributed by atoms with E-state index in [2.05, 4.69) is 19.9 Å². The van der Waals surface area contributed by atoms with Crippen molar-refractivity contribution in [3.8, 4) is 11.1 Å². The number of fused-ring (bicyclic) bond motifs is 1. The SMILES string of the molecule is CC1(Cc2cncnc2)C(=O)N(c2ncccn2)c2ccc(-c3ccc(F)c(Cl)c3)cc21. The van der Waals surface area contributed by atoms with Gasteiger partial charge in [0.15, 0.2) is 0 Å². The molecule has 2 aromatic carbocycles. The molecule has 4 aromatic rings. The number of rotatable bonds is 4. The van der Waals surface area contributed by atoms with Crippen LogP contribution in [0.15, 0.2) is 73.6 Å². The highest BCUT2D eigenvalue weighted by Crippen LogP contribution is 2.47. The molecular formula is C24H17ClFN5O. The lowest BCUT2D eigenvalue weighted by Gasteiger charge is -2.24. The molecule has 32 heavy (non-hydrogen) atoms. The van der Waals surface area contributed by atoms with Gasteiger partial charge >= 0.3 is 0 Å². The van der Waals surface area contributed by atoms with Crippen molar-refractivity contribution in [3.63, 3.8) is 0 Å². The quantitative estimate of drug-likeness (QED) is 0.446. The molecule has 1 unspecified atom stereocenters. The van der Waals surface area contributed by atoms with Gasteiger partial charge in [0.25, 0.3) is 0 Å². The third-order valence-electron chi connectivity index (χ3n) is 5.68. The van der Waals surface area contributed by atoms with E-state index in [4.69, 9.17) is 11.6 Å². The van der Waals surface area contributed by atoms with Crippen LogP contribution < -0.4 is 4.90 Å². The monoisotopic (exact) mass is 445 g/mol. The van der Waals surface area contributed by atoms with Gasteiger partial charge < -0.3 is 0 Å². The number of hydrogen-bond donors (Lipinski definition) is 0. The summed E-state index contributed by atoms with van der Waals surface area (Å²) in [7, 11) is 0. The molecule has 0 saturated heterocycles. The molecule has 6 nitrogen and oxygen atoms in total. The average Bonchev–Trinajstić information content (AvgIpc) is 3.03. The molecule has 0 spiro atoms. The number of aromatic nitrogens is 4. The second-order valence-corrected chi connectivity index (χ2v) is 8.21. The van der Waals surface area contributed by atoms with Gasteiger partial charge in [-0.15, -0.1) is 0 Å². The average molecular weight is 446 g/mol. The van der Waals surface area contributed by atoms with E-state index in [-0.39, 0.29) is 10.9 Å². The van der Waals surface area contributed by atoms with Crippen LogP contribution in [0.3, 0.4) is 0 Å². The fourth-order valence-electron chi connectivity index (χ4n) is 4.11. The van der Waals surface area contributed by atoms with Gasteiger partial charge in [0, 0.05) is 24.8 Å². The Bertz CT molecular complexity index is 1320. The molecule has 5 rings (SSSR count). The molecule has 158 valence electrons. The predicted molar refractivity (Wildman–Crippen MR) is 119 cm³/mol. The Morgan fingerprint density at radius 2 is 1.72 bits per heavy atom. The van der Waals surface area contributed by atoms with Crippen molar-refractivity contribution in [3.05, 3.63) is 95.5 Å². The Morgan fingerprint density at radius 3 is 2.44 bits per heavy atom. The van der Waals surface area contributed by atoms with E-state index in [1.165, 1.54) is 12.4 Å². The Kier molecular flexibility index (Phi) is 4.90. The van der Waals surface area contributed by atoms with E-state index >= 15 is 0 Å². The second-order valence-electron chi connectivity index (χ2n) is 7.81. The highest BCUT2D eigenvalue weighted by molar-refractivity contribution is 6.31. The summed E-state index contributed by atoms with van der Waals surface area (Å²) in [4.78, 5) is 32.1. The van der Waals surface area contributed by atoms with Crippen molar-refractivity contribution in [2.45, 2.75) is 18.8 Å². The largest absolute Gasteiger partial charge is 0.273 e. The number of benzene rings is 2. The first kappa shape index (κ1) is 20.2. The first-order valence-electron chi connectivity index (χ1n) is 9.93. The highest BCUT2D eigenvalue weighted by Gasteiger charge is 2.49. The fraction of sp³-hybridized carbons (Fsp3) is 0.125. The zero-order valence-electron chi connectivity index (χ0n) is 17.0. The van der Waals surface area contributed by atoms with Crippen molar-refractivity contribution >= 4 is 29.1 Å². The van der Waals surface area contributed by atoms with Gasteiger partial charge in [0.2, 0.25) is 11.9 Å². The van der Waals surface area contributed by atoms with Crippen molar-refractivity contribution in [2.75, 3.05) is 4.90 Å². The van der Waals surface area contributed by atoms with Gasteiger partial charge in [-0.1, -0.05) is 23.7 Å². The minimum absolute atomic E-state index is 0.0441. The van der Waals surface area contributed by atoms with Crippen LogP contribution in [-0.2, 0) is 16.6 Å². The third-order valence-corrected chi connectivity index (χ3v) is 5.97. The normalized spacial score (nSPS) is 17.5. The summed E-state index contributed by atoms with van der Waals surface area (Å²) in [5, 5.41) is 0.0441. The summed E-state index contributed by atoms with van der Waals surface area (Å²) >= 11 is 6.00. The van der Waals surface area contributed by atoms with Crippen LogP contribution in [0.25, 0.3) is 11.1 Å². The van der Waals surface area contributed by atoms with E-state index in [1.54, 1.807) is 47.9 Å². The summed E-state index contributed by atoms with van der Waals surface area (Å²) in [5.74, 6) is -0.311. The maximum Gasteiger partial charge on any atom is 0.244 e. The van der Waals surface area contributed by atoms with E-state index in [9.17, 15) is 9.18 Å². The van der Waals surface area contributed by atoms with Crippen molar-refractivity contribution in [1.82, 2.24) is 19.9 Å². The van der Waals surface area contributed by atoms with E-state index in [0.717, 1.165) is 22.3 Å². The summed E-state index contributed by atoms with van der Waals surface area (Å²) in [6.07, 6.45) is 8.47. The molecule has 1 amide bonds. The van der Waals surface area contributed by atoms with Crippen LogP contribution in [0.1, 0.15) is 18.1 Å². The second kappa shape index (κ2) is 7.76. The summed E-state index contributed by atoms with van der Waals surface area (Å²) < 4.78 is 13.7. The maximum atomic E-state index is 13.8. The number of carbonyl (C=O) groups excluding carboxylic acids is 1. The number of nitrogens with zero attached hydrogens (tertiary/aromatic N) is 5. The lowest BCUT2D eigenvalue weighted by atomic mass is 9.78. The first-order chi connectivity index (χ1) is 15.5. The highest BCUT2D eigenvalue weighted by atomic mass is 35.5. The molecule has 3 heterocycles. The van der Waals surface area contributed by atoms with Crippen LogP contribution in [-0.4, -0.2) is 25.8 Å². The lowest BCUT2D eigenvalue weighted by molar-refractivity contribution is -0.122. The number of anilines is 2. The van der Waals surface area contributed by atoms with Crippen molar-refractivity contribution in [2.24, 2.45) is 0 Å². The Morgan fingerprint density at radius 1 is 1.03 bits per heavy atom. The van der Waals surface area contributed by atoms with Gasteiger partial charge in [-0.25, -0.2) is 29.2 Å². The third kappa shape index (κ3) is 3.31. The Hall–Kier alpha value is -3.71. The molecule has 0 aliphatic carbocycles. The van der Waals surface area contributed by atoms with Crippen LogP contribution in [0.5, 0.6) is 0 Å². The molecular weight excluding hydrogens is 429 g/mol. The number of amides is 1. The molecule has 1 atom stereocenters. The van der Waals surface area contributed by atoms with Gasteiger partial charge in [0.1, 0.15) is 12.1 Å². The summed E-state index contributed by atoms with van der Waals surface area (Å²) in [5.41, 5.74) is 3.03. The van der Waals surface area contributed by atoms with Gasteiger partial charge in [0.05, 0.1) is 16.1 Å². The molecule has 2 aromatic heterocycles. The topological polar surface area (TPSA) is 71.9 Å². The zero-order chi connectivity index (χ0) is 22.3. The molecule has 0 saturated carbocycles. The maximum absolute atomic E-state index is 13.8. The van der Waals surface area contributed by atoms with Crippen molar-refractivity contribution in [1.29, 1.82) is 0 Å². The standard InChI is InChI=1S/C24H17ClFN5O/c1-24(11-15-12-27-14-28-13-15)18-9-16(17-3-5-20(26)19(25)10-17)4-6-21(18)31(22(24)32)23-29-7-2-8-30-23/h2-10,12-14H,11H2,1H3. The summed E-state index contributed by atoms with van der Waals surface area (Å²) in [6, 6.07) is 12.0. The van der Waals surface area contributed by atoms with Crippen LogP contribution in [0, 0.1) is 5.82 Å². The molecule has 1 aliphatic rings. The number of carbonyl (C=O) groups is 1. The first-order valence-corrected chi connectivity index (χ1v) is 10.3. The van der Waals surface area contributed by atoms with Gasteiger partial charge in [-0.3, -0.25) is 4.79 Å². The van der Waals surface area contributed by atoms with E-state index < -0.39 is 11.2 Å². The smallest absolute Gasteiger partial charge is 0.244 e. The number of hydrogen-bond acceptors (Lipinski definition) is 5. The van der Waals surface area contributed by atoms with E-state index in [0.29, 0.717) is 18.1 Å². The fourth-order valence-corrected chi connectivity index (χ4v) is 4.29. The molecule has 0 fully saturated rings. The Labute approximate surface area is 188 Å². The predicted octanol–water partition coefficient (Wildman–Crippen LogP) is 4.90. The Balaban J connectivity index is 1.67. The zero-order valence-corrected chi connectivity index (χ0v) is 17.8. The van der Waals surface area contributed by atoms with Crippen LogP contribution in [0.2, 0.25) is 5.02 Å². The minimum atomic E-state index is -0.904. The van der Waals surface area contributed by atoms with Gasteiger partial charge in [-0.2, -0.15) is 0 Å². The molecule has 1 aliphatic heterocycles. The lowest BCUT2D eigenvalue weighted by Crippen LogP contribution is -2.38. The number of halogens is 2. The molecule has 0 N–H and O–H groups in total. The molecule has 8 heteroatoms.